The van der Waals surface area contributed by atoms with Crippen LogP contribution in [0.3, 0.4) is 0 Å². The van der Waals surface area contributed by atoms with Gasteiger partial charge in [0, 0.05) is 16.7 Å². The zero-order chi connectivity index (χ0) is 9.97. The van der Waals surface area contributed by atoms with Gasteiger partial charge in [-0.2, -0.15) is 0 Å². The number of fused-ring (bicyclic) bond motifs is 1. The summed E-state index contributed by atoms with van der Waals surface area (Å²) in [7, 11) is 0. The van der Waals surface area contributed by atoms with Crippen molar-refractivity contribution in [3.05, 3.63) is 33.4 Å². The standard InChI is InChI=1S/C11H12INO/c1-10(14,11-6-13(11)7-11)8-2-4-9(12)5-3-8/h2-5,14H,6-7H2,1H3. The lowest BCUT2D eigenvalue weighted by atomic mass is 9.85. The Labute approximate surface area is 97.1 Å². The molecule has 3 rings (SSSR count). The molecule has 2 saturated heterocycles. The van der Waals surface area contributed by atoms with Gasteiger partial charge in [-0.05, 0) is 47.2 Å². The SMILES string of the molecule is CC(O)(c1ccc(I)cc1)C12CN1C2. The van der Waals surface area contributed by atoms with E-state index < -0.39 is 5.60 Å². The Morgan fingerprint density at radius 1 is 1.36 bits per heavy atom. The quantitative estimate of drug-likeness (QED) is 0.662. The highest BCUT2D eigenvalue weighted by molar-refractivity contribution is 14.1. The predicted octanol–water partition coefficient (Wildman–Crippen LogP) is 1.57. The second-order valence-electron chi connectivity index (χ2n) is 4.47. The molecule has 0 bridgehead atoms. The van der Waals surface area contributed by atoms with Gasteiger partial charge in [0.2, 0.25) is 0 Å². The van der Waals surface area contributed by atoms with E-state index in [0.717, 1.165) is 18.7 Å². The first kappa shape index (κ1) is 9.12. The molecule has 1 atom stereocenters. The summed E-state index contributed by atoms with van der Waals surface area (Å²) in [6, 6.07) is 8.17. The number of benzene rings is 1. The van der Waals surface area contributed by atoms with Crippen molar-refractivity contribution >= 4 is 22.6 Å². The van der Waals surface area contributed by atoms with Gasteiger partial charge in [-0.15, -0.1) is 0 Å². The lowest BCUT2D eigenvalue weighted by Crippen LogP contribution is -2.35. The Hall–Kier alpha value is -0.130. The van der Waals surface area contributed by atoms with Crippen molar-refractivity contribution in [3.63, 3.8) is 0 Å². The average molecular weight is 301 g/mol. The molecule has 74 valence electrons. The number of rotatable bonds is 2. The summed E-state index contributed by atoms with van der Waals surface area (Å²) < 4.78 is 1.21. The number of halogens is 1. The minimum atomic E-state index is -0.669. The normalized spacial score (nSPS) is 37.2. The van der Waals surface area contributed by atoms with Gasteiger partial charge in [0.1, 0.15) is 5.60 Å². The third-order valence-corrected chi connectivity index (χ3v) is 4.33. The van der Waals surface area contributed by atoms with Crippen LogP contribution in [-0.2, 0) is 5.60 Å². The molecule has 2 aliphatic heterocycles. The second-order valence-corrected chi connectivity index (χ2v) is 5.71. The fourth-order valence-corrected chi connectivity index (χ4v) is 2.53. The van der Waals surface area contributed by atoms with Crippen molar-refractivity contribution in [2.75, 3.05) is 13.1 Å². The van der Waals surface area contributed by atoms with Crippen LogP contribution in [0.4, 0.5) is 0 Å². The second kappa shape index (κ2) is 2.51. The molecular formula is C11H12INO. The summed E-state index contributed by atoms with van der Waals surface area (Å²) in [5, 5.41) is 10.5. The van der Waals surface area contributed by atoms with Crippen molar-refractivity contribution in [1.82, 2.24) is 4.90 Å². The van der Waals surface area contributed by atoms with Crippen molar-refractivity contribution < 1.29 is 5.11 Å². The average Bonchev–Trinajstić information content (AvgIpc) is 2.90. The number of hydrogen-bond acceptors (Lipinski definition) is 2. The Balaban J connectivity index is 1.97. The van der Waals surface area contributed by atoms with Crippen LogP contribution < -0.4 is 0 Å². The van der Waals surface area contributed by atoms with Gasteiger partial charge in [0.25, 0.3) is 0 Å². The van der Waals surface area contributed by atoms with Crippen molar-refractivity contribution in [1.29, 1.82) is 0 Å². The highest BCUT2D eigenvalue weighted by atomic mass is 127. The first-order valence-electron chi connectivity index (χ1n) is 4.80. The Bertz CT molecular complexity index is 379. The fraction of sp³-hybridized carbons (Fsp3) is 0.455. The third-order valence-electron chi connectivity index (χ3n) is 3.62. The summed E-state index contributed by atoms with van der Waals surface area (Å²) in [5.74, 6) is 0. The predicted molar refractivity (Wildman–Crippen MR) is 63.0 cm³/mol. The molecule has 14 heavy (non-hydrogen) atoms. The molecule has 1 N–H and O–H groups in total. The largest absolute Gasteiger partial charge is 0.383 e. The van der Waals surface area contributed by atoms with Crippen LogP contribution in [0.5, 0.6) is 0 Å². The van der Waals surface area contributed by atoms with Gasteiger partial charge < -0.3 is 5.11 Å². The van der Waals surface area contributed by atoms with Crippen LogP contribution in [-0.4, -0.2) is 28.6 Å². The minimum absolute atomic E-state index is 0.0970. The molecule has 1 unspecified atom stereocenters. The molecule has 0 aliphatic carbocycles. The first-order chi connectivity index (χ1) is 6.56. The summed E-state index contributed by atoms with van der Waals surface area (Å²) in [5.41, 5.74) is 0.467. The van der Waals surface area contributed by atoms with Crippen molar-refractivity contribution in [3.8, 4) is 0 Å². The Kier molecular flexibility index (Phi) is 1.64. The number of nitrogens with zero attached hydrogens (tertiary/aromatic N) is 1. The van der Waals surface area contributed by atoms with Crippen molar-refractivity contribution in [2.24, 2.45) is 0 Å². The first-order valence-corrected chi connectivity index (χ1v) is 5.88. The van der Waals surface area contributed by atoms with Crippen LogP contribution >= 0.6 is 22.6 Å². The lowest BCUT2D eigenvalue weighted by molar-refractivity contribution is 0.0396. The van der Waals surface area contributed by atoms with Crippen molar-refractivity contribution in [2.45, 2.75) is 18.1 Å². The Morgan fingerprint density at radius 2 is 1.86 bits per heavy atom. The van der Waals surface area contributed by atoms with Crippen LogP contribution in [0.2, 0.25) is 0 Å². The van der Waals surface area contributed by atoms with E-state index in [-0.39, 0.29) is 5.54 Å². The maximum Gasteiger partial charge on any atom is 0.108 e. The number of aliphatic hydroxyl groups is 1. The van der Waals surface area contributed by atoms with Gasteiger partial charge in [0.15, 0.2) is 0 Å². The maximum atomic E-state index is 10.5. The molecule has 1 aromatic carbocycles. The van der Waals surface area contributed by atoms with Gasteiger partial charge >= 0.3 is 0 Å². The van der Waals surface area contributed by atoms with E-state index in [2.05, 4.69) is 39.6 Å². The molecule has 0 radical (unpaired) electrons. The molecule has 2 fully saturated rings. The monoisotopic (exact) mass is 301 g/mol. The van der Waals surface area contributed by atoms with E-state index in [9.17, 15) is 5.11 Å². The molecule has 0 amide bonds. The molecule has 0 spiro atoms. The van der Waals surface area contributed by atoms with E-state index in [0.29, 0.717) is 0 Å². The van der Waals surface area contributed by atoms with Gasteiger partial charge in [-0.25, -0.2) is 0 Å². The zero-order valence-corrected chi connectivity index (χ0v) is 10.2. The highest BCUT2D eigenvalue weighted by Crippen LogP contribution is 2.59. The lowest BCUT2D eigenvalue weighted by Gasteiger charge is -2.25. The molecule has 1 aromatic rings. The zero-order valence-electron chi connectivity index (χ0n) is 8.00. The number of hydrogen-bond donors (Lipinski definition) is 1. The molecule has 0 saturated carbocycles. The van der Waals surface area contributed by atoms with E-state index in [1.54, 1.807) is 0 Å². The molecule has 2 nitrogen and oxygen atoms in total. The highest BCUT2D eigenvalue weighted by Gasteiger charge is 2.76. The molecule has 3 heteroatoms. The van der Waals surface area contributed by atoms with E-state index in [4.69, 9.17) is 0 Å². The Morgan fingerprint density at radius 3 is 2.29 bits per heavy atom. The minimum Gasteiger partial charge on any atom is -0.383 e. The summed E-state index contributed by atoms with van der Waals surface area (Å²) in [6.07, 6.45) is 0. The summed E-state index contributed by atoms with van der Waals surface area (Å²) in [4.78, 5) is 2.30. The molecule has 2 heterocycles. The van der Waals surface area contributed by atoms with Gasteiger partial charge in [0.05, 0.1) is 5.54 Å². The smallest absolute Gasteiger partial charge is 0.108 e. The van der Waals surface area contributed by atoms with Crippen LogP contribution in [0.1, 0.15) is 12.5 Å². The van der Waals surface area contributed by atoms with E-state index >= 15 is 0 Å². The van der Waals surface area contributed by atoms with E-state index in [1.165, 1.54) is 3.57 Å². The third kappa shape index (κ3) is 1.03. The van der Waals surface area contributed by atoms with Crippen LogP contribution in [0.25, 0.3) is 0 Å². The molecular weight excluding hydrogens is 289 g/mol. The summed E-state index contributed by atoms with van der Waals surface area (Å²) in [6.45, 7) is 4.06. The van der Waals surface area contributed by atoms with Gasteiger partial charge in [-0.3, -0.25) is 4.90 Å². The molecule has 0 aromatic heterocycles. The fourth-order valence-electron chi connectivity index (χ4n) is 2.17. The summed E-state index contributed by atoms with van der Waals surface area (Å²) >= 11 is 2.28. The topological polar surface area (TPSA) is 23.2 Å². The maximum absolute atomic E-state index is 10.5. The van der Waals surface area contributed by atoms with Gasteiger partial charge in [-0.1, -0.05) is 12.1 Å². The molecule has 2 aliphatic rings. The van der Waals surface area contributed by atoms with Crippen LogP contribution in [0.15, 0.2) is 24.3 Å². The van der Waals surface area contributed by atoms with Crippen LogP contribution in [0, 0.1) is 3.57 Å². The van der Waals surface area contributed by atoms with E-state index in [1.807, 2.05) is 19.1 Å².